The highest BCUT2D eigenvalue weighted by molar-refractivity contribution is 7.17. The predicted octanol–water partition coefficient (Wildman–Crippen LogP) is 6.15. The van der Waals surface area contributed by atoms with Crippen LogP contribution in [-0.4, -0.2) is 23.7 Å². The smallest absolute Gasteiger partial charge is 0.260 e. The molecule has 4 nitrogen and oxygen atoms in total. The van der Waals surface area contributed by atoms with Gasteiger partial charge in [0.15, 0.2) is 4.80 Å². The van der Waals surface area contributed by atoms with E-state index in [4.69, 9.17) is 9.73 Å². The summed E-state index contributed by atoms with van der Waals surface area (Å²) in [5.41, 5.74) is 2.95. The number of amides is 1. The van der Waals surface area contributed by atoms with Crippen LogP contribution in [0.4, 0.5) is 0 Å². The van der Waals surface area contributed by atoms with Crippen molar-refractivity contribution in [2.75, 3.05) is 13.2 Å². The summed E-state index contributed by atoms with van der Waals surface area (Å²) in [4.78, 5) is 19.2. The first-order chi connectivity index (χ1) is 16.8. The maximum Gasteiger partial charge on any atom is 0.260 e. The lowest BCUT2D eigenvalue weighted by Crippen LogP contribution is -2.22. The van der Waals surface area contributed by atoms with E-state index in [-0.39, 0.29) is 5.91 Å². The molecule has 1 amide bonds. The Kier molecular flexibility index (Phi) is 6.65. The molecule has 4 aromatic carbocycles. The number of benzene rings is 4. The summed E-state index contributed by atoms with van der Waals surface area (Å²) in [7, 11) is 0. The monoisotopic (exact) mass is 466 g/mol. The SMILES string of the molecule is CCOCCn1c(=NC(=O)C(c2ccccc2)c2ccccc2)sc2c3ccccc3ccc21. The van der Waals surface area contributed by atoms with Crippen LogP contribution in [0.5, 0.6) is 0 Å². The van der Waals surface area contributed by atoms with Crippen LogP contribution in [0.1, 0.15) is 24.0 Å². The molecule has 170 valence electrons. The Morgan fingerprint density at radius 3 is 2.21 bits per heavy atom. The second-order valence-electron chi connectivity index (χ2n) is 8.07. The summed E-state index contributed by atoms with van der Waals surface area (Å²) in [5, 5.41) is 2.35. The van der Waals surface area contributed by atoms with Gasteiger partial charge in [0.2, 0.25) is 0 Å². The first kappa shape index (κ1) is 22.3. The zero-order chi connectivity index (χ0) is 23.3. The molecule has 0 saturated carbocycles. The van der Waals surface area contributed by atoms with E-state index in [9.17, 15) is 4.79 Å². The molecule has 1 heterocycles. The molecule has 0 N–H and O–H groups in total. The third kappa shape index (κ3) is 4.45. The molecule has 0 atom stereocenters. The average Bonchev–Trinajstić information content (AvgIpc) is 3.23. The second-order valence-corrected chi connectivity index (χ2v) is 9.05. The molecular weight excluding hydrogens is 440 g/mol. The van der Waals surface area contributed by atoms with Gasteiger partial charge in [0.1, 0.15) is 0 Å². The number of carbonyl (C=O) groups is 1. The number of rotatable bonds is 7. The topological polar surface area (TPSA) is 43.6 Å². The Morgan fingerprint density at radius 2 is 1.53 bits per heavy atom. The lowest BCUT2D eigenvalue weighted by atomic mass is 9.91. The van der Waals surface area contributed by atoms with Gasteiger partial charge in [-0.1, -0.05) is 102 Å². The third-order valence-corrected chi connectivity index (χ3v) is 7.08. The van der Waals surface area contributed by atoms with Crippen LogP contribution in [0.15, 0.2) is 102 Å². The minimum absolute atomic E-state index is 0.168. The Morgan fingerprint density at radius 1 is 0.882 bits per heavy atom. The van der Waals surface area contributed by atoms with Crippen molar-refractivity contribution in [2.45, 2.75) is 19.4 Å². The van der Waals surface area contributed by atoms with Crippen molar-refractivity contribution in [1.29, 1.82) is 0 Å². The molecular formula is C29H26N2O2S. The van der Waals surface area contributed by atoms with Crippen LogP contribution in [0.3, 0.4) is 0 Å². The van der Waals surface area contributed by atoms with Crippen LogP contribution >= 0.6 is 11.3 Å². The van der Waals surface area contributed by atoms with E-state index in [1.165, 1.54) is 10.8 Å². The zero-order valence-corrected chi connectivity index (χ0v) is 19.9. The van der Waals surface area contributed by atoms with Crippen LogP contribution in [0, 0.1) is 0 Å². The number of hydrogen-bond donors (Lipinski definition) is 0. The van der Waals surface area contributed by atoms with Crippen LogP contribution in [-0.2, 0) is 16.1 Å². The third-order valence-electron chi connectivity index (χ3n) is 5.96. The minimum atomic E-state index is -0.454. The van der Waals surface area contributed by atoms with E-state index < -0.39 is 5.92 Å². The minimum Gasteiger partial charge on any atom is -0.380 e. The van der Waals surface area contributed by atoms with Crippen molar-refractivity contribution in [3.63, 3.8) is 0 Å². The second kappa shape index (κ2) is 10.2. The summed E-state index contributed by atoms with van der Waals surface area (Å²) >= 11 is 1.57. The molecule has 0 bridgehead atoms. The van der Waals surface area contributed by atoms with E-state index >= 15 is 0 Å². The maximum absolute atomic E-state index is 13.7. The first-order valence-electron chi connectivity index (χ1n) is 11.5. The van der Waals surface area contributed by atoms with Gasteiger partial charge in [-0.05, 0) is 29.5 Å². The fraction of sp³-hybridized carbons (Fsp3) is 0.172. The predicted molar refractivity (Wildman–Crippen MR) is 139 cm³/mol. The van der Waals surface area contributed by atoms with E-state index in [0.717, 1.165) is 21.3 Å². The standard InChI is InChI=1S/C29H26N2O2S/c1-2-33-20-19-31-25-18-17-21-11-9-10-16-24(21)27(25)34-29(31)30-28(32)26(22-12-5-3-6-13-22)23-14-7-4-8-15-23/h3-18,26H,2,19-20H2,1H3. The normalized spacial score (nSPS) is 12.1. The van der Waals surface area contributed by atoms with Gasteiger partial charge in [0.05, 0.1) is 22.7 Å². The molecule has 0 saturated heterocycles. The molecule has 0 radical (unpaired) electrons. The number of hydrogen-bond acceptors (Lipinski definition) is 3. The Hall–Kier alpha value is -3.54. The lowest BCUT2D eigenvalue weighted by Gasteiger charge is -2.14. The van der Waals surface area contributed by atoms with Gasteiger partial charge >= 0.3 is 0 Å². The number of aromatic nitrogens is 1. The molecule has 5 heteroatoms. The molecule has 0 fully saturated rings. The number of fused-ring (bicyclic) bond motifs is 3. The van der Waals surface area contributed by atoms with Crippen molar-refractivity contribution in [1.82, 2.24) is 4.57 Å². The maximum atomic E-state index is 13.7. The van der Waals surface area contributed by atoms with E-state index in [2.05, 4.69) is 34.9 Å². The molecule has 1 aromatic heterocycles. The van der Waals surface area contributed by atoms with Crippen LogP contribution in [0.25, 0.3) is 21.0 Å². The van der Waals surface area contributed by atoms with Crippen molar-refractivity contribution < 1.29 is 9.53 Å². The van der Waals surface area contributed by atoms with Gasteiger partial charge in [-0.25, -0.2) is 0 Å². The van der Waals surface area contributed by atoms with Gasteiger partial charge < -0.3 is 9.30 Å². The summed E-state index contributed by atoms with van der Waals surface area (Å²) in [5.74, 6) is -0.622. The summed E-state index contributed by atoms with van der Waals surface area (Å²) in [6.45, 7) is 3.85. The summed E-state index contributed by atoms with van der Waals surface area (Å²) in [6, 6.07) is 32.3. The molecule has 5 rings (SSSR count). The quantitative estimate of drug-likeness (QED) is 0.270. The van der Waals surface area contributed by atoms with Crippen molar-refractivity contribution in [3.05, 3.63) is 113 Å². The number of ether oxygens (including phenoxy) is 1. The molecule has 0 spiro atoms. The fourth-order valence-corrected chi connectivity index (χ4v) is 5.52. The van der Waals surface area contributed by atoms with Crippen molar-refractivity contribution in [2.24, 2.45) is 4.99 Å². The molecule has 34 heavy (non-hydrogen) atoms. The largest absolute Gasteiger partial charge is 0.380 e. The number of thiazole rings is 1. The fourth-order valence-electron chi connectivity index (χ4n) is 4.33. The highest BCUT2D eigenvalue weighted by atomic mass is 32.1. The van der Waals surface area contributed by atoms with E-state index in [0.29, 0.717) is 24.6 Å². The molecule has 0 unspecified atom stereocenters. The van der Waals surface area contributed by atoms with Crippen LogP contribution < -0.4 is 4.80 Å². The zero-order valence-electron chi connectivity index (χ0n) is 19.1. The van der Waals surface area contributed by atoms with E-state index in [1.807, 2.05) is 73.7 Å². The van der Waals surface area contributed by atoms with Gasteiger partial charge in [-0.15, -0.1) is 0 Å². The highest BCUT2D eigenvalue weighted by Crippen LogP contribution is 2.29. The van der Waals surface area contributed by atoms with Gasteiger partial charge in [0.25, 0.3) is 5.91 Å². The van der Waals surface area contributed by atoms with Crippen LogP contribution in [0.2, 0.25) is 0 Å². The Bertz CT molecular complexity index is 1450. The number of nitrogens with zero attached hydrogens (tertiary/aromatic N) is 2. The first-order valence-corrected chi connectivity index (χ1v) is 12.3. The van der Waals surface area contributed by atoms with Gasteiger partial charge in [-0.3, -0.25) is 4.79 Å². The molecule has 0 aliphatic rings. The van der Waals surface area contributed by atoms with Gasteiger partial charge in [-0.2, -0.15) is 4.99 Å². The Labute approximate surface area is 202 Å². The molecule has 5 aromatic rings. The van der Waals surface area contributed by atoms with Crippen molar-refractivity contribution in [3.8, 4) is 0 Å². The average molecular weight is 467 g/mol. The highest BCUT2D eigenvalue weighted by Gasteiger charge is 2.23. The number of carbonyl (C=O) groups excluding carboxylic acids is 1. The van der Waals surface area contributed by atoms with E-state index in [1.54, 1.807) is 11.3 Å². The molecule has 0 aliphatic carbocycles. The summed E-state index contributed by atoms with van der Waals surface area (Å²) < 4.78 is 8.90. The Balaban J connectivity index is 1.67. The molecule has 0 aliphatic heterocycles. The summed E-state index contributed by atoms with van der Waals surface area (Å²) in [6.07, 6.45) is 0. The van der Waals surface area contributed by atoms with Gasteiger partial charge in [0, 0.05) is 18.5 Å². The lowest BCUT2D eigenvalue weighted by molar-refractivity contribution is -0.118. The van der Waals surface area contributed by atoms with Crippen molar-refractivity contribution >= 4 is 38.2 Å².